The van der Waals surface area contributed by atoms with E-state index in [1.165, 1.54) is 5.56 Å². The number of pyridine rings is 2. The number of hydrogen-bond donors (Lipinski definition) is 3. The van der Waals surface area contributed by atoms with E-state index < -0.39 is 0 Å². The van der Waals surface area contributed by atoms with Crippen molar-refractivity contribution in [1.29, 1.82) is 0 Å². The predicted molar refractivity (Wildman–Crippen MR) is 152 cm³/mol. The van der Waals surface area contributed by atoms with Gasteiger partial charge in [0, 0.05) is 68.5 Å². The molecule has 4 aliphatic heterocycles. The summed E-state index contributed by atoms with van der Waals surface area (Å²) >= 11 is 0. The number of hydrogen-bond acceptors (Lipinski definition) is 9. The highest BCUT2D eigenvalue weighted by molar-refractivity contribution is 6.28. The molecular weight excluding hydrogens is 506 g/mol. The first-order chi connectivity index (χ1) is 19.7. The van der Waals surface area contributed by atoms with E-state index >= 15 is 0 Å². The summed E-state index contributed by atoms with van der Waals surface area (Å²) in [5, 5.41) is 9.84. The van der Waals surface area contributed by atoms with E-state index in [0.29, 0.717) is 11.3 Å². The minimum absolute atomic E-state index is 0.00774. The molecule has 10 heteroatoms. The van der Waals surface area contributed by atoms with Gasteiger partial charge < -0.3 is 25.4 Å². The van der Waals surface area contributed by atoms with E-state index in [9.17, 15) is 4.79 Å². The smallest absolute Gasteiger partial charge is 0.258 e. The number of nitrogens with zero attached hydrogens (tertiary/aromatic N) is 4. The number of carbonyl (C=O) groups excluding carboxylic acids is 1. The number of morpholine rings is 2. The maximum absolute atomic E-state index is 13.6. The van der Waals surface area contributed by atoms with Gasteiger partial charge in [-0.3, -0.25) is 24.6 Å². The van der Waals surface area contributed by atoms with Gasteiger partial charge in [-0.1, -0.05) is 6.07 Å². The molecule has 0 bridgehead atoms. The molecule has 1 unspecified atom stereocenters. The minimum Gasteiger partial charge on any atom is -0.379 e. The molecule has 40 heavy (non-hydrogen) atoms. The number of fused-ring (bicyclic) bond motifs is 2. The second kappa shape index (κ2) is 11.0. The maximum atomic E-state index is 13.6. The Bertz CT molecular complexity index is 1430. The van der Waals surface area contributed by atoms with Crippen LogP contribution in [-0.4, -0.2) is 84.4 Å². The van der Waals surface area contributed by atoms with Crippen molar-refractivity contribution in [3.63, 3.8) is 0 Å². The van der Waals surface area contributed by atoms with Crippen molar-refractivity contribution in [1.82, 2.24) is 25.1 Å². The van der Waals surface area contributed by atoms with E-state index in [1.54, 1.807) is 6.20 Å². The standard InChI is InChI=1S/C30H33N7O3/c38-30(33-23-2-3-24(32-17-23)19-37-7-11-40-12-8-37)27-25-14-21(1-4-26(25)34-29-28(27)35-29)22-13-20(15-31-16-22)18-36-5-9-39-10-6-36/h1-4,13-17,29,34-35H,5-12,18-19H2,(H,33,38). The quantitative estimate of drug-likeness (QED) is 0.390. The molecule has 3 N–H and O–H groups in total. The van der Waals surface area contributed by atoms with Gasteiger partial charge in [-0.05, 0) is 41.5 Å². The highest BCUT2D eigenvalue weighted by atomic mass is 16.5. The monoisotopic (exact) mass is 539 g/mol. The van der Waals surface area contributed by atoms with Crippen LogP contribution in [0.4, 0.5) is 11.4 Å². The van der Waals surface area contributed by atoms with Crippen LogP contribution in [0.3, 0.4) is 0 Å². The van der Waals surface area contributed by atoms with Crippen molar-refractivity contribution in [2.45, 2.75) is 19.3 Å². The number of aromatic nitrogens is 2. The molecule has 3 fully saturated rings. The van der Waals surface area contributed by atoms with Gasteiger partial charge >= 0.3 is 0 Å². The molecule has 3 saturated heterocycles. The van der Waals surface area contributed by atoms with E-state index in [1.807, 2.05) is 30.6 Å². The van der Waals surface area contributed by atoms with Crippen molar-refractivity contribution in [3.8, 4) is 11.1 Å². The largest absolute Gasteiger partial charge is 0.379 e. The molecule has 0 saturated carbocycles. The number of carbonyl (C=O) groups is 1. The lowest BCUT2D eigenvalue weighted by Crippen LogP contribution is -2.35. The molecule has 0 aliphatic carbocycles. The van der Waals surface area contributed by atoms with Crippen molar-refractivity contribution >= 4 is 22.9 Å². The van der Waals surface area contributed by atoms with Gasteiger partial charge in [0.05, 0.1) is 55.3 Å². The van der Waals surface area contributed by atoms with Crippen LogP contribution in [0.1, 0.15) is 16.8 Å². The van der Waals surface area contributed by atoms with Crippen molar-refractivity contribution < 1.29 is 14.3 Å². The molecule has 0 radical (unpaired) electrons. The van der Waals surface area contributed by atoms with Crippen LogP contribution in [0.25, 0.3) is 16.7 Å². The van der Waals surface area contributed by atoms with Gasteiger partial charge in [-0.2, -0.15) is 0 Å². The summed E-state index contributed by atoms with van der Waals surface area (Å²) in [6.07, 6.45) is 5.54. The van der Waals surface area contributed by atoms with Gasteiger partial charge in [0.2, 0.25) is 0 Å². The lowest BCUT2D eigenvalue weighted by atomic mass is 9.94. The SMILES string of the molecule is O=C(Nc1ccc(CN2CCOCC2)nc1)C1=C2NC2Nc2ccc(-c3cncc(CN4CCOCC4)c3)cc21. The lowest BCUT2D eigenvalue weighted by molar-refractivity contribution is -0.111. The zero-order chi connectivity index (χ0) is 26.9. The predicted octanol–water partition coefficient (Wildman–Crippen LogP) is 2.51. The second-order valence-corrected chi connectivity index (χ2v) is 10.6. The summed E-state index contributed by atoms with van der Waals surface area (Å²) in [5.41, 5.74) is 8.27. The first-order valence-electron chi connectivity index (χ1n) is 13.9. The highest BCUT2D eigenvalue weighted by Crippen LogP contribution is 2.40. The number of ether oxygens (including phenoxy) is 2. The van der Waals surface area contributed by atoms with Gasteiger partial charge in [0.15, 0.2) is 0 Å². The molecule has 206 valence electrons. The Hall–Kier alpha value is -3.83. The zero-order valence-electron chi connectivity index (χ0n) is 22.4. The van der Waals surface area contributed by atoms with Crippen LogP contribution < -0.4 is 16.0 Å². The molecule has 4 aliphatic rings. The molecule has 6 heterocycles. The van der Waals surface area contributed by atoms with E-state index in [0.717, 1.165) is 99.5 Å². The Morgan fingerprint density at radius 2 is 1.65 bits per heavy atom. The summed E-state index contributed by atoms with van der Waals surface area (Å²) in [6.45, 7) is 8.38. The molecular formula is C30H33N7O3. The fourth-order valence-corrected chi connectivity index (χ4v) is 5.56. The summed E-state index contributed by atoms with van der Waals surface area (Å²) < 4.78 is 10.9. The molecule has 0 spiro atoms. The molecule has 1 aromatic carbocycles. The average Bonchev–Trinajstić information content (AvgIpc) is 3.77. The summed E-state index contributed by atoms with van der Waals surface area (Å²) in [4.78, 5) is 27.4. The van der Waals surface area contributed by atoms with Crippen LogP contribution in [-0.2, 0) is 27.4 Å². The summed E-state index contributed by atoms with van der Waals surface area (Å²) in [6, 6.07) is 12.3. The first kappa shape index (κ1) is 25.2. The molecule has 7 rings (SSSR count). The fourth-order valence-electron chi connectivity index (χ4n) is 5.56. The molecule has 1 atom stereocenters. The maximum Gasteiger partial charge on any atom is 0.258 e. The minimum atomic E-state index is -0.146. The van der Waals surface area contributed by atoms with Gasteiger partial charge in [-0.25, -0.2) is 0 Å². The number of rotatable bonds is 7. The van der Waals surface area contributed by atoms with E-state index in [2.05, 4.69) is 53.9 Å². The number of benzene rings is 1. The normalized spacial score (nSPS) is 20.6. The molecule has 3 aromatic rings. The number of nitrogens with one attached hydrogen (secondary N) is 3. The number of amides is 1. The van der Waals surface area contributed by atoms with Crippen LogP contribution in [0.2, 0.25) is 0 Å². The van der Waals surface area contributed by atoms with Crippen molar-refractivity contribution in [2.75, 3.05) is 63.2 Å². The van der Waals surface area contributed by atoms with Crippen LogP contribution in [0.15, 0.2) is 60.7 Å². The Kier molecular flexibility index (Phi) is 6.90. The third kappa shape index (κ3) is 5.44. The van der Waals surface area contributed by atoms with E-state index in [4.69, 9.17) is 9.47 Å². The Morgan fingerprint density at radius 3 is 2.40 bits per heavy atom. The summed E-state index contributed by atoms with van der Waals surface area (Å²) in [5.74, 6) is -0.146. The topological polar surface area (TPSA) is 114 Å². The Balaban J connectivity index is 1.08. The Morgan fingerprint density at radius 1 is 0.875 bits per heavy atom. The first-order valence-corrected chi connectivity index (χ1v) is 13.9. The molecule has 10 nitrogen and oxygen atoms in total. The van der Waals surface area contributed by atoms with Crippen molar-refractivity contribution in [3.05, 3.63) is 77.5 Å². The van der Waals surface area contributed by atoms with E-state index in [-0.39, 0.29) is 12.1 Å². The molecule has 2 aromatic heterocycles. The van der Waals surface area contributed by atoms with Crippen molar-refractivity contribution in [2.24, 2.45) is 0 Å². The average molecular weight is 540 g/mol. The third-order valence-corrected chi connectivity index (χ3v) is 7.80. The van der Waals surface area contributed by atoms with Gasteiger partial charge in [-0.15, -0.1) is 0 Å². The van der Waals surface area contributed by atoms with Crippen LogP contribution in [0, 0.1) is 0 Å². The Labute approximate surface area is 233 Å². The lowest BCUT2D eigenvalue weighted by Gasteiger charge is -2.26. The number of anilines is 2. The van der Waals surface area contributed by atoms with Gasteiger partial charge in [0.25, 0.3) is 5.91 Å². The zero-order valence-corrected chi connectivity index (χ0v) is 22.4. The summed E-state index contributed by atoms with van der Waals surface area (Å²) in [7, 11) is 0. The molecule has 1 amide bonds. The highest BCUT2D eigenvalue weighted by Gasteiger charge is 2.40. The van der Waals surface area contributed by atoms with Gasteiger partial charge in [0.1, 0.15) is 6.17 Å². The van der Waals surface area contributed by atoms with Crippen LogP contribution >= 0.6 is 0 Å². The fraction of sp³-hybridized carbons (Fsp3) is 0.367. The second-order valence-electron chi connectivity index (χ2n) is 10.6. The van der Waals surface area contributed by atoms with Crippen LogP contribution in [0.5, 0.6) is 0 Å². The third-order valence-electron chi connectivity index (χ3n) is 7.80.